The smallest absolute Gasteiger partial charge is 0.355 e. The summed E-state index contributed by atoms with van der Waals surface area (Å²) in [4.78, 5) is 32.9. The van der Waals surface area contributed by atoms with Crippen LogP contribution in [-0.4, -0.2) is 60.0 Å². The van der Waals surface area contributed by atoms with E-state index < -0.39 is 21.6 Å². The Morgan fingerprint density at radius 1 is 0.900 bits per heavy atom. The van der Waals surface area contributed by atoms with E-state index in [0.29, 0.717) is 74.9 Å². The minimum absolute atomic E-state index is 0.0963. The summed E-state index contributed by atoms with van der Waals surface area (Å²) in [5, 5.41) is 13.7. The van der Waals surface area contributed by atoms with Crippen molar-refractivity contribution in [2.75, 3.05) is 22.5 Å². The second-order valence-corrected chi connectivity index (χ2v) is 20.2. The summed E-state index contributed by atoms with van der Waals surface area (Å²) < 4.78 is 31.8. The number of aromatic nitrogens is 8. The zero-order valence-electron chi connectivity index (χ0n) is 32.9. The van der Waals surface area contributed by atoms with Gasteiger partial charge < -0.3 is 11.5 Å². The van der Waals surface area contributed by atoms with Crippen LogP contribution in [0.2, 0.25) is 0 Å². The number of nitrogens with one attached hydrogen (secondary N) is 1. The fraction of sp³-hybridized carbons (Fsp3) is 0.238. The molecule has 1 amide bonds. The van der Waals surface area contributed by atoms with E-state index in [2.05, 4.69) is 27.4 Å². The third-order valence-corrected chi connectivity index (χ3v) is 16.8. The highest BCUT2D eigenvalue weighted by Gasteiger charge is 2.31. The number of unbranched alkanes of at least 4 members (excludes halogenated alkanes) is 1. The van der Waals surface area contributed by atoms with E-state index >= 15 is 0 Å². The number of carbonyl (C=O) groups excluding carboxylic acids is 1. The van der Waals surface area contributed by atoms with Gasteiger partial charge in [0.25, 0.3) is 5.91 Å². The zero-order chi connectivity index (χ0) is 41.7. The molecule has 1 aliphatic carbocycles. The van der Waals surface area contributed by atoms with Crippen LogP contribution >= 0.6 is 22.7 Å². The molecule has 14 nitrogen and oxygen atoms in total. The minimum atomic E-state index is -1.31. The van der Waals surface area contributed by atoms with Crippen LogP contribution < -0.4 is 21.4 Å². The van der Waals surface area contributed by atoms with E-state index in [0.717, 1.165) is 54.2 Å². The second-order valence-electron chi connectivity index (χ2n) is 14.5. The van der Waals surface area contributed by atoms with Crippen LogP contribution in [0, 0.1) is 0 Å². The van der Waals surface area contributed by atoms with Gasteiger partial charge in [0.15, 0.2) is 0 Å². The number of benzene rings is 1. The van der Waals surface area contributed by atoms with Gasteiger partial charge in [-0.3, -0.25) is 18.2 Å². The number of nitrogen functional groups attached to an aromatic ring is 2. The quantitative estimate of drug-likeness (QED) is 0.103. The Hall–Kier alpha value is -5.82. The molecule has 60 heavy (non-hydrogen) atoms. The third-order valence-electron chi connectivity index (χ3n) is 10.5. The van der Waals surface area contributed by atoms with Crippen molar-refractivity contribution in [1.82, 2.24) is 34.7 Å². The lowest BCUT2D eigenvalue weighted by molar-refractivity contribution is -0.592. The van der Waals surface area contributed by atoms with Crippen LogP contribution in [-0.2, 0) is 33.4 Å². The molecule has 1 aromatic carbocycles. The number of amides is 1. The topological polar surface area (TPSA) is 201 Å². The summed E-state index contributed by atoms with van der Waals surface area (Å²) in [7, 11) is -0.726. The highest BCUT2D eigenvalue weighted by molar-refractivity contribution is 7.88. The lowest BCUT2D eigenvalue weighted by atomic mass is 10.00. The Balaban J connectivity index is 1.21. The van der Waals surface area contributed by atoms with Gasteiger partial charge in [-0.05, 0) is 59.8 Å². The fourth-order valence-corrected chi connectivity index (χ4v) is 13.2. The van der Waals surface area contributed by atoms with Crippen molar-refractivity contribution in [3.05, 3.63) is 79.4 Å². The van der Waals surface area contributed by atoms with E-state index in [-0.39, 0.29) is 17.1 Å². The SMILES string of the molecule is CCCCS(=O)c1sc2nc(-c3cccnc3)cc(-c3nnc(-[n+]4cc(-c5cc(-c6ccccc6)c6c(N)c(S(=O)C7CCC7)sc6n5)cnc4NC(C)=O)n3C)c2c1N. The Kier molecular flexibility index (Phi) is 10.8. The molecular formula is C42H40N11O3S4+. The summed E-state index contributed by atoms with van der Waals surface area (Å²) in [5.41, 5.74) is 19.6. The summed E-state index contributed by atoms with van der Waals surface area (Å²) in [5.74, 6) is 1.16. The van der Waals surface area contributed by atoms with E-state index in [1.165, 1.54) is 29.6 Å². The molecule has 5 N–H and O–H groups in total. The first kappa shape index (κ1) is 39.6. The number of rotatable bonds is 12. The predicted molar refractivity (Wildman–Crippen MR) is 240 cm³/mol. The Morgan fingerprint density at radius 3 is 2.27 bits per heavy atom. The molecule has 0 spiro atoms. The second kappa shape index (κ2) is 16.3. The van der Waals surface area contributed by atoms with Gasteiger partial charge >= 0.3 is 11.9 Å². The van der Waals surface area contributed by atoms with Gasteiger partial charge in [-0.1, -0.05) is 55.2 Å². The third kappa shape index (κ3) is 7.16. The molecule has 304 valence electrons. The molecule has 18 heteroatoms. The van der Waals surface area contributed by atoms with Crippen LogP contribution in [0.3, 0.4) is 0 Å². The zero-order valence-corrected chi connectivity index (χ0v) is 36.2. The number of hydrogen-bond donors (Lipinski definition) is 3. The first-order valence-corrected chi connectivity index (χ1v) is 23.6. The Morgan fingerprint density at radius 2 is 1.58 bits per heavy atom. The normalized spacial score (nSPS) is 14.1. The molecular weight excluding hydrogens is 835 g/mol. The van der Waals surface area contributed by atoms with Gasteiger partial charge in [-0.2, -0.15) is 4.57 Å². The van der Waals surface area contributed by atoms with Gasteiger partial charge in [-0.25, -0.2) is 19.9 Å². The number of thiophene rings is 2. The van der Waals surface area contributed by atoms with Crippen molar-refractivity contribution >= 4 is 87.9 Å². The van der Waals surface area contributed by atoms with E-state index in [1.807, 2.05) is 61.6 Å². The molecule has 7 aromatic heterocycles. The number of nitrogens with two attached hydrogens (primary N) is 2. The molecule has 0 aliphatic heterocycles. The largest absolute Gasteiger partial charge is 0.396 e. The summed E-state index contributed by atoms with van der Waals surface area (Å²) >= 11 is 2.69. The average Bonchev–Trinajstić information content (AvgIpc) is 3.91. The van der Waals surface area contributed by atoms with Crippen molar-refractivity contribution in [2.45, 2.75) is 59.6 Å². The van der Waals surface area contributed by atoms with Gasteiger partial charge in [0, 0.05) is 59.3 Å². The molecule has 2 unspecified atom stereocenters. The molecule has 9 rings (SSSR count). The van der Waals surface area contributed by atoms with Crippen molar-refractivity contribution in [2.24, 2.45) is 7.05 Å². The fourth-order valence-electron chi connectivity index (χ4n) is 7.18. The highest BCUT2D eigenvalue weighted by atomic mass is 32.2. The molecule has 2 atom stereocenters. The van der Waals surface area contributed by atoms with E-state index in [9.17, 15) is 13.2 Å². The number of anilines is 3. The van der Waals surface area contributed by atoms with Crippen molar-refractivity contribution in [1.29, 1.82) is 0 Å². The van der Waals surface area contributed by atoms with Crippen LogP contribution in [0.15, 0.2) is 87.8 Å². The Bertz CT molecular complexity index is 3000. The van der Waals surface area contributed by atoms with E-state index in [1.54, 1.807) is 33.9 Å². The molecule has 8 aromatic rings. The van der Waals surface area contributed by atoms with Crippen LogP contribution in [0.1, 0.15) is 46.0 Å². The number of hydrogen-bond acceptors (Lipinski definition) is 13. The molecule has 0 saturated heterocycles. The molecule has 0 radical (unpaired) electrons. The predicted octanol–water partition coefficient (Wildman–Crippen LogP) is 7.46. The van der Waals surface area contributed by atoms with Gasteiger partial charge in [0.2, 0.25) is 5.82 Å². The van der Waals surface area contributed by atoms with Crippen LogP contribution in [0.4, 0.5) is 17.3 Å². The summed E-state index contributed by atoms with van der Waals surface area (Å²) in [6.07, 6.45) is 11.5. The van der Waals surface area contributed by atoms with Crippen LogP contribution in [0.25, 0.3) is 71.4 Å². The Labute approximate surface area is 358 Å². The maximum Gasteiger partial charge on any atom is 0.355 e. The van der Waals surface area contributed by atoms with Crippen molar-refractivity contribution in [3.63, 3.8) is 0 Å². The molecule has 1 saturated carbocycles. The number of carbonyl (C=O) groups is 1. The van der Waals surface area contributed by atoms with Crippen molar-refractivity contribution < 1.29 is 17.8 Å². The summed E-state index contributed by atoms with van der Waals surface area (Å²) in [6.45, 7) is 3.47. The lowest BCUT2D eigenvalue weighted by Crippen LogP contribution is -2.39. The van der Waals surface area contributed by atoms with E-state index in [4.69, 9.17) is 26.4 Å². The monoisotopic (exact) mass is 874 g/mol. The highest BCUT2D eigenvalue weighted by Crippen LogP contribution is 2.45. The minimum Gasteiger partial charge on any atom is -0.396 e. The average molecular weight is 875 g/mol. The maximum absolute atomic E-state index is 13.7. The van der Waals surface area contributed by atoms with Crippen LogP contribution in [0.5, 0.6) is 0 Å². The molecule has 1 fully saturated rings. The molecule has 1 aliphatic rings. The molecule has 0 bridgehead atoms. The molecule has 7 heterocycles. The number of nitrogens with zero attached hydrogens (tertiary/aromatic N) is 8. The number of pyridine rings is 3. The standard InChI is InChI=1S/C42H39N11O3S4/c1-4-5-17-59(55)39-34(43)33-29(19-30(48-38(33)57-39)25-13-10-16-45-20-25)36-50-51-42(52(36)3)53-22-26(21-46-41(53)47-23(2)54)31-18-28(24-11-7-6-8-12-24)32-35(44)40(58-37(32)49-31)60(56)27-14-9-15-27/h6-8,10-13,16,18-22,27H,4-5,9,14-15,17,43-44H2,1-3H3/p+1. The van der Waals surface area contributed by atoms with Gasteiger partial charge in [0.05, 0.1) is 62.3 Å². The van der Waals surface area contributed by atoms with Gasteiger partial charge in [0.1, 0.15) is 18.1 Å². The first-order chi connectivity index (χ1) is 29.1. The lowest BCUT2D eigenvalue weighted by Gasteiger charge is -2.23. The first-order valence-electron chi connectivity index (χ1n) is 19.4. The summed E-state index contributed by atoms with van der Waals surface area (Å²) in [6, 6.07) is 17.5. The maximum atomic E-state index is 13.7. The van der Waals surface area contributed by atoms with Crippen molar-refractivity contribution in [3.8, 4) is 51.0 Å². The number of fused-ring (bicyclic) bond motifs is 2. The van der Waals surface area contributed by atoms with Gasteiger partial charge in [-0.15, -0.1) is 27.7 Å².